The number of rotatable bonds is 7. The number of nitrogens with zero attached hydrogens (tertiary/aromatic N) is 1. The molecular weight excluding hydrogens is 268 g/mol. The lowest BCUT2D eigenvalue weighted by Crippen LogP contribution is -2.31. The first kappa shape index (κ1) is 15.6. The molecule has 1 aromatic rings. The third kappa shape index (κ3) is 4.36. The average molecular weight is 292 g/mol. The molecule has 1 unspecified atom stereocenters. The van der Waals surface area contributed by atoms with Crippen molar-refractivity contribution in [2.75, 3.05) is 40.4 Å². The molecule has 0 spiro atoms. The minimum atomic E-state index is 0.170. The Labute approximate surface area is 126 Å². The van der Waals surface area contributed by atoms with Gasteiger partial charge < -0.3 is 19.7 Å². The fourth-order valence-electron chi connectivity index (χ4n) is 2.66. The maximum atomic E-state index is 12.1. The molecular formula is C16H24N2O3. The van der Waals surface area contributed by atoms with Crippen LogP contribution in [0.2, 0.25) is 0 Å². The second-order valence-corrected chi connectivity index (χ2v) is 5.30. The van der Waals surface area contributed by atoms with Crippen LogP contribution in [0.25, 0.3) is 0 Å². The van der Waals surface area contributed by atoms with E-state index in [0.717, 1.165) is 26.1 Å². The van der Waals surface area contributed by atoms with Gasteiger partial charge in [-0.3, -0.25) is 4.79 Å². The van der Waals surface area contributed by atoms with Crippen LogP contribution in [0.3, 0.4) is 0 Å². The maximum absolute atomic E-state index is 12.1. The van der Waals surface area contributed by atoms with Crippen molar-refractivity contribution < 1.29 is 14.3 Å². The van der Waals surface area contributed by atoms with Gasteiger partial charge in [0.1, 0.15) is 0 Å². The number of carbonyl (C=O) groups excluding carboxylic acids is 1. The lowest BCUT2D eigenvalue weighted by molar-refractivity contribution is -0.130. The van der Waals surface area contributed by atoms with Gasteiger partial charge in [-0.2, -0.15) is 0 Å². The number of methoxy groups -OCH3 is 1. The Hall–Kier alpha value is -1.75. The SMILES string of the molecule is CNCC1CCN(C(=O)CCOc2ccccc2OC)C1. The van der Waals surface area contributed by atoms with Gasteiger partial charge in [0, 0.05) is 13.1 Å². The van der Waals surface area contributed by atoms with Crippen LogP contribution < -0.4 is 14.8 Å². The van der Waals surface area contributed by atoms with Crippen LogP contribution in [-0.2, 0) is 4.79 Å². The number of nitrogens with one attached hydrogen (secondary N) is 1. The highest BCUT2D eigenvalue weighted by molar-refractivity contribution is 5.76. The zero-order valence-corrected chi connectivity index (χ0v) is 12.8. The van der Waals surface area contributed by atoms with Crippen LogP contribution in [0.5, 0.6) is 11.5 Å². The summed E-state index contributed by atoms with van der Waals surface area (Å²) in [5, 5.41) is 3.17. The normalized spacial score (nSPS) is 17.8. The largest absolute Gasteiger partial charge is 0.493 e. The van der Waals surface area contributed by atoms with Crippen molar-refractivity contribution in [1.82, 2.24) is 10.2 Å². The molecule has 116 valence electrons. The minimum absolute atomic E-state index is 0.170. The number of likely N-dealkylation sites (tertiary alicyclic amines) is 1. The van der Waals surface area contributed by atoms with Crippen molar-refractivity contribution in [3.63, 3.8) is 0 Å². The monoisotopic (exact) mass is 292 g/mol. The molecule has 2 rings (SSSR count). The van der Waals surface area contributed by atoms with E-state index >= 15 is 0 Å². The lowest BCUT2D eigenvalue weighted by Gasteiger charge is -2.17. The van der Waals surface area contributed by atoms with Crippen LogP contribution in [0.15, 0.2) is 24.3 Å². The van der Waals surface area contributed by atoms with Gasteiger partial charge in [-0.1, -0.05) is 12.1 Å². The molecule has 0 bridgehead atoms. The molecule has 1 aromatic carbocycles. The molecule has 0 radical (unpaired) electrons. The van der Waals surface area contributed by atoms with E-state index in [1.807, 2.05) is 36.2 Å². The fourth-order valence-corrected chi connectivity index (χ4v) is 2.66. The molecule has 0 aromatic heterocycles. The van der Waals surface area contributed by atoms with Crippen molar-refractivity contribution in [3.05, 3.63) is 24.3 Å². The van der Waals surface area contributed by atoms with Gasteiger partial charge in [0.25, 0.3) is 0 Å². The topological polar surface area (TPSA) is 50.8 Å². The van der Waals surface area contributed by atoms with Gasteiger partial charge in [-0.05, 0) is 38.1 Å². The Bertz CT molecular complexity index is 465. The fraction of sp³-hybridized carbons (Fsp3) is 0.562. The van der Waals surface area contributed by atoms with Crippen molar-refractivity contribution >= 4 is 5.91 Å². The van der Waals surface area contributed by atoms with Crippen LogP contribution in [0.1, 0.15) is 12.8 Å². The molecule has 1 N–H and O–H groups in total. The Morgan fingerprint density at radius 3 is 2.86 bits per heavy atom. The highest BCUT2D eigenvalue weighted by atomic mass is 16.5. The molecule has 1 fully saturated rings. The van der Waals surface area contributed by atoms with Gasteiger partial charge in [-0.25, -0.2) is 0 Å². The Balaban J connectivity index is 1.75. The second-order valence-electron chi connectivity index (χ2n) is 5.30. The van der Waals surface area contributed by atoms with Crippen molar-refractivity contribution in [3.8, 4) is 11.5 Å². The summed E-state index contributed by atoms with van der Waals surface area (Å²) in [5.41, 5.74) is 0. The first-order valence-electron chi connectivity index (χ1n) is 7.42. The molecule has 0 aliphatic carbocycles. The summed E-state index contributed by atoms with van der Waals surface area (Å²) in [6, 6.07) is 7.48. The summed E-state index contributed by atoms with van der Waals surface area (Å²) in [7, 11) is 3.56. The predicted octanol–water partition coefficient (Wildman–Crippen LogP) is 1.53. The van der Waals surface area contributed by atoms with Crippen LogP contribution in [0.4, 0.5) is 0 Å². The molecule has 1 atom stereocenters. The maximum Gasteiger partial charge on any atom is 0.226 e. The first-order valence-corrected chi connectivity index (χ1v) is 7.42. The first-order chi connectivity index (χ1) is 10.2. The van der Waals surface area contributed by atoms with Crippen LogP contribution >= 0.6 is 0 Å². The summed E-state index contributed by atoms with van der Waals surface area (Å²) in [4.78, 5) is 14.1. The highest BCUT2D eigenvalue weighted by Gasteiger charge is 2.25. The zero-order chi connectivity index (χ0) is 15.1. The summed E-state index contributed by atoms with van der Waals surface area (Å²) in [5.74, 6) is 2.13. The van der Waals surface area contributed by atoms with E-state index in [0.29, 0.717) is 30.4 Å². The van der Waals surface area contributed by atoms with E-state index in [1.54, 1.807) is 7.11 Å². The van der Waals surface area contributed by atoms with E-state index < -0.39 is 0 Å². The van der Waals surface area contributed by atoms with E-state index in [4.69, 9.17) is 9.47 Å². The van der Waals surface area contributed by atoms with E-state index in [2.05, 4.69) is 5.32 Å². The number of ether oxygens (including phenoxy) is 2. The lowest BCUT2D eigenvalue weighted by atomic mass is 10.1. The zero-order valence-electron chi connectivity index (χ0n) is 12.8. The van der Waals surface area contributed by atoms with Crippen LogP contribution in [0, 0.1) is 5.92 Å². The number of hydrogen-bond acceptors (Lipinski definition) is 4. The molecule has 5 nitrogen and oxygen atoms in total. The Morgan fingerprint density at radius 2 is 2.14 bits per heavy atom. The van der Waals surface area contributed by atoms with Crippen molar-refractivity contribution in [1.29, 1.82) is 0 Å². The van der Waals surface area contributed by atoms with Crippen molar-refractivity contribution in [2.24, 2.45) is 5.92 Å². The Morgan fingerprint density at radius 1 is 1.38 bits per heavy atom. The second kappa shape index (κ2) is 7.88. The quantitative estimate of drug-likeness (QED) is 0.828. The van der Waals surface area contributed by atoms with E-state index in [9.17, 15) is 4.79 Å². The predicted molar refractivity (Wildman–Crippen MR) is 81.7 cm³/mol. The van der Waals surface area contributed by atoms with Gasteiger partial charge in [-0.15, -0.1) is 0 Å². The van der Waals surface area contributed by atoms with Gasteiger partial charge in [0.15, 0.2) is 11.5 Å². The smallest absolute Gasteiger partial charge is 0.226 e. The molecule has 0 saturated carbocycles. The summed E-state index contributed by atoms with van der Waals surface area (Å²) in [6.07, 6.45) is 1.49. The molecule has 1 saturated heterocycles. The van der Waals surface area contributed by atoms with Gasteiger partial charge >= 0.3 is 0 Å². The average Bonchev–Trinajstić information content (AvgIpc) is 2.97. The number of para-hydroxylation sites is 2. The third-order valence-corrected chi connectivity index (χ3v) is 3.77. The third-order valence-electron chi connectivity index (χ3n) is 3.77. The molecule has 1 amide bonds. The standard InChI is InChI=1S/C16H24N2O3/c1-17-11-13-7-9-18(12-13)16(19)8-10-21-15-6-4-3-5-14(15)20-2/h3-6,13,17H,7-12H2,1-2H3. The van der Waals surface area contributed by atoms with E-state index in [1.165, 1.54) is 0 Å². The number of carbonyl (C=O) groups is 1. The Kier molecular flexibility index (Phi) is 5.87. The van der Waals surface area contributed by atoms with Gasteiger partial charge in [0.2, 0.25) is 5.91 Å². The summed E-state index contributed by atoms with van der Waals surface area (Å²) >= 11 is 0. The van der Waals surface area contributed by atoms with Crippen LogP contribution in [-0.4, -0.2) is 51.2 Å². The summed E-state index contributed by atoms with van der Waals surface area (Å²) < 4.78 is 10.9. The molecule has 1 heterocycles. The molecule has 5 heteroatoms. The highest BCUT2D eigenvalue weighted by Crippen LogP contribution is 2.26. The number of amides is 1. The molecule has 1 aliphatic rings. The van der Waals surface area contributed by atoms with Crippen molar-refractivity contribution in [2.45, 2.75) is 12.8 Å². The molecule has 1 aliphatic heterocycles. The van der Waals surface area contributed by atoms with Gasteiger partial charge in [0.05, 0.1) is 20.1 Å². The van der Waals surface area contributed by atoms with E-state index in [-0.39, 0.29) is 5.91 Å². The number of benzene rings is 1. The number of hydrogen-bond donors (Lipinski definition) is 1. The minimum Gasteiger partial charge on any atom is -0.493 e. The molecule has 21 heavy (non-hydrogen) atoms. The summed E-state index contributed by atoms with van der Waals surface area (Å²) in [6.45, 7) is 3.07.